The summed E-state index contributed by atoms with van der Waals surface area (Å²) in [4.78, 5) is 12.2. The average molecular weight is 263 g/mol. The molecule has 3 heterocycles. The van der Waals surface area contributed by atoms with Gasteiger partial charge in [-0.25, -0.2) is 9.97 Å². The van der Waals surface area contributed by atoms with Crippen LogP contribution in [0.15, 0.2) is 11.7 Å². The van der Waals surface area contributed by atoms with Crippen LogP contribution in [0.3, 0.4) is 0 Å². The number of anilines is 1. The molecule has 1 fully saturated rings. The first kappa shape index (κ1) is 11.9. The van der Waals surface area contributed by atoms with Gasteiger partial charge in [0.2, 0.25) is 0 Å². The van der Waals surface area contributed by atoms with Crippen molar-refractivity contribution in [2.75, 3.05) is 18.0 Å². The van der Waals surface area contributed by atoms with Crippen LogP contribution in [0.4, 0.5) is 5.82 Å². The van der Waals surface area contributed by atoms with Crippen molar-refractivity contribution in [1.29, 1.82) is 0 Å². The summed E-state index contributed by atoms with van der Waals surface area (Å²) < 4.78 is 5.78. The van der Waals surface area contributed by atoms with E-state index in [4.69, 9.17) is 4.74 Å². The molecule has 2 atom stereocenters. The van der Waals surface area contributed by atoms with Crippen molar-refractivity contribution in [2.24, 2.45) is 0 Å². The molecular formula is C13H17N3OS. The minimum absolute atomic E-state index is 0.248. The molecule has 0 aromatic carbocycles. The number of rotatable bonds is 1. The van der Waals surface area contributed by atoms with Gasteiger partial charge in [0.15, 0.2) is 0 Å². The van der Waals surface area contributed by atoms with Crippen molar-refractivity contribution < 1.29 is 4.74 Å². The van der Waals surface area contributed by atoms with Crippen LogP contribution in [0.5, 0.6) is 0 Å². The van der Waals surface area contributed by atoms with Crippen LogP contribution >= 0.6 is 11.3 Å². The summed E-state index contributed by atoms with van der Waals surface area (Å²) in [6, 6.07) is 0. The zero-order chi connectivity index (χ0) is 12.7. The van der Waals surface area contributed by atoms with Crippen LogP contribution < -0.4 is 4.90 Å². The molecule has 0 saturated carbocycles. The van der Waals surface area contributed by atoms with Gasteiger partial charge in [-0.3, -0.25) is 0 Å². The first-order chi connectivity index (χ1) is 8.65. The highest BCUT2D eigenvalue weighted by atomic mass is 32.1. The fourth-order valence-electron chi connectivity index (χ4n) is 2.59. The smallest absolute Gasteiger partial charge is 0.141 e. The lowest BCUT2D eigenvalue weighted by atomic mass is 10.2. The lowest BCUT2D eigenvalue weighted by molar-refractivity contribution is -0.00537. The Morgan fingerprint density at radius 1 is 1.28 bits per heavy atom. The molecule has 2 aromatic heterocycles. The maximum atomic E-state index is 5.78. The van der Waals surface area contributed by atoms with Crippen LogP contribution in [-0.4, -0.2) is 35.3 Å². The second-order valence-corrected chi connectivity index (χ2v) is 5.82. The standard InChI is InChI=1S/C13H17N3OS/c1-8-6-18-13-11(8)12(14-7-15-13)16-4-9(2)17-10(3)5-16/h6-7,9-10H,4-5H2,1-3H3/t9-,10+. The third kappa shape index (κ3) is 1.97. The maximum absolute atomic E-state index is 5.78. The molecule has 1 aliphatic rings. The highest BCUT2D eigenvalue weighted by Gasteiger charge is 2.25. The van der Waals surface area contributed by atoms with Crippen molar-refractivity contribution in [1.82, 2.24) is 9.97 Å². The Labute approximate surface area is 111 Å². The summed E-state index contributed by atoms with van der Waals surface area (Å²) in [5, 5.41) is 3.35. The number of morpholine rings is 1. The van der Waals surface area contributed by atoms with E-state index in [-0.39, 0.29) is 12.2 Å². The molecule has 0 radical (unpaired) electrons. The Bertz CT molecular complexity index is 558. The predicted molar refractivity (Wildman–Crippen MR) is 74.4 cm³/mol. The molecule has 0 N–H and O–H groups in total. The Hall–Kier alpha value is -1.20. The molecule has 1 aliphatic heterocycles. The first-order valence-electron chi connectivity index (χ1n) is 6.24. The SMILES string of the molecule is Cc1csc2ncnc(N3C[C@@H](C)O[C@@H](C)C3)c12. The van der Waals surface area contributed by atoms with Gasteiger partial charge in [0.25, 0.3) is 0 Å². The number of ether oxygens (including phenoxy) is 1. The van der Waals surface area contributed by atoms with E-state index in [0.29, 0.717) is 0 Å². The van der Waals surface area contributed by atoms with Crippen LogP contribution in [0, 0.1) is 6.92 Å². The predicted octanol–water partition coefficient (Wildman–Crippen LogP) is 2.61. The van der Waals surface area contributed by atoms with E-state index >= 15 is 0 Å². The monoisotopic (exact) mass is 263 g/mol. The number of fused-ring (bicyclic) bond motifs is 1. The Balaban J connectivity index is 2.05. The summed E-state index contributed by atoms with van der Waals surface area (Å²) in [7, 11) is 0. The van der Waals surface area contributed by atoms with Gasteiger partial charge in [0.1, 0.15) is 17.0 Å². The zero-order valence-corrected chi connectivity index (χ0v) is 11.7. The van der Waals surface area contributed by atoms with Crippen molar-refractivity contribution in [3.8, 4) is 0 Å². The van der Waals surface area contributed by atoms with Crippen molar-refractivity contribution in [2.45, 2.75) is 33.0 Å². The van der Waals surface area contributed by atoms with Crippen LogP contribution in [-0.2, 0) is 4.74 Å². The van der Waals surface area contributed by atoms with Gasteiger partial charge in [-0.1, -0.05) is 0 Å². The van der Waals surface area contributed by atoms with Crippen LogP contribution in [0.25, 0.3) is 10.2 Å². The number of hydrogen-bond donors (Lipinski definition) is 0. The topological polar surface area (TPSA) is 38.2 Å². The van der Waals surface area contributed by atoms with Crippen molar-refractivity contribution in [3.05, 3.63) is 17.3 Å². The Morgan fingerprint density at radius 2 is 2.00 bits per heavy atom. The van der Waals surface area contributed by atoms with E-state index in [9.17, 15) is 0 Å². The van der Waals surface area contributed by atoms with E-state index in [1.165, 1.54) is 10.9 Å². The highest BCUT2D eigenvalue weighted by Crippen LogP contribution is 2.31. The van der Waals surface area contributed by atoms with Crippen LogP contribution in [0.2, 0.25) is 0 Å². The Morgan fingerprint density at radius 3 is 2.72 bits per heavy atom. The number of nitrogens with zero attached hydrogens (tertiary/aromatic N) is 3. The molecule has 0 amide bonds. The summed E-state index contributed by atoms with van der Waals surface area (Å²) >= 11 is 1.68. The fourth-order valence-corrected chi connectivity index (χ4v) is 3.47. The van der Waals surface area contributed by atoms with Crippen molar-refractivity contribution >= 4 is 27.4 Å². The second kappa shape index (κ2) is 4.48. The second-order valence-electron chi connectivity index (χ2n) is 4.96. The summed E-state index contributed by atoms with van der Waals surface area (Å²) in [5.41, 5.74) is 1.26. The van der Waals surface area contributed by atoms with Gasteiger partial charge in [0, 0.05) is 13.1 Å². The van der Waals surface area contributed by atoms with Crippen LogP contribution in [0.1, 0.15) is 19.4 Å². The third-order valence-corrected chi connectivity index (χ3v) is 4.26. The molecular weight excluding hydrogens is 246 g/mol. The van der Waals surface area contributed by atoms with Gasteiger partial charge in [-0.05, 0) is 31.7 Å². The zero-order valence-electron chi connectivity index (χ0n) is 10.9. The number of aromatic nitrogens is 2. The number of aryl methyl sites for hydroxylation is 1. The van der Waals surface area contributed by atoms with Gasteiger partial charge < -0.3 is 9.64 Å². The van der Waals surface area contributed by atoms with E-state index in [1.807, 2.05) is 0 Å². The first-order valence-corrected chi connectivity index (χ1v) is 7.12. The fraction of sp³-hybridized carbons (Fsp3) is 0.538. The number of thiophene rings is 1. The maximum Gasteiger partial charge on any atom is 0.141 e. The van der Waals surface area contributed by atoms with Gasteiger partial charge >= 0.3 is 0 Å². The van der Waals surface area contributed by atoms with E-state index in [2.05, 4.69) is 41.0 Å². The molecule has 0 bridgehead atoms. The summed E-state index contributed by atoms with van der Waals surface area (Å²) in [6.07, 6.45) is 2.16. The summed E-state index contributed by atoms with van der Waals surface area (Å²) in [5.74, 6) is 1.06. The molecule has 96 valence electrons. The Kier molecular flexibility index (Phi) is 2.95. The largest absolute Gasteiger partial charge is 0.372 e. The minimum atomic E-state index is 0.248. The highest BCUT2D eigenvalue weighted by molar-refractivity contribution is 7.17. The molecule has 5 heteroatoms. The molecule has 2 aromatic rings. The molecule has 1 saturated heterocycles. The lowest BCUT2D eigenvalue weighted by Gasteiger charge is -2.36. The molecule has 18 heavy (non-hydrogen) atoms. The molecule has 4 nitrogen and oxygen atoms in total. The third-order valence-electron chi connectivity index (χ3n) is 3.25. The number of hydrogen-bond acceptors (Lipinski definition) is 5. The van der Waals surface area contributed by atoms with Gasteiger partial charge in [0.05, 0.1) is 17.6 Å². The molecule has 0 aliphatic carbocycles. The van der Waals surface area contributed by atoms with E-state index < -0.39 is 0 Å². The molecule has 3 rings (SSSR count). The quantitative estimate of drug-likeness (QED) is 0.792. The molecule has 0 unspecified atom stereocenters. The summed E-state index contributed by atoms with van der Waals surface area (Å²) in [6.45, 7) is 8.14. The van der Waals surface area contributed by atoms with E-state index in [0.717, 1.165) is 23.7 Å². The van der Waals surface area contributed by atoms with Crippen molar-refractivity contribution in [3.63, 3.8) is 0 Å². The minimum Gasteiger partial charge on any atom is -0.372 e. The van der Waals surface area contributed by atoms with Gasteiger partial charge in [-0.2, -0.15) is 0 Å². The van der Waals surface area contributed by atoms with Gasteiger partial charge in [-0.15, -0.1) is 11.3 Å². The normalized spacial score (nSPS) is 24.7. The van der Waals surface area contributed by atoms with E-state index in [1.54, 1.807) is 17.7 Å². The average Bonchev–Trinajstić information content (AvgIpc) is 2.70. The molecule has 0 spiro atoms. The lowest BCUT2D eigenvalue weighted by Crippen LogP contribution is -2.45.